The molecular weight excluding hydrogens is 358 g/mol. The number of halogens is 1. The van der Waals surface area contributed by atoms with E-state index < -0.39 is 6.92 Å². The molecule has 0 fully saturated rings. The topological polar surface area (TPSA) is 45.1 Å². The Morgan fingerprint density at radius 3 is 2.56 bits per heavy atom. The van der Waals surface area contributed by atoms with Gasteiger partial charge >= 0.3 is 6.92 Å². The molecule has 0 aliphatic heterocycles. The molecule has 1 aromatic heterocycles. The highest BCUT2D eigenvalue weighted by atomic mass is 32.2. The fraction of sp³-hybridized carbons (Fsp3) is 0.0952. The molecule has 136 valence electrons. The van der Waals surface area contributed by atoms with Crippen LogP contribution in [0.2, 0.25) is 6.82 Å². The third-order valence-corrected chi connectivity index (χ3v) is 5.10. The van der Waals surface area contributed by atoms with Crippen LogP contribution in [0.3, 0.4) is 0 Å². The van der Waals surface area contributed by atoms with Crippen molar-refractivity contribution in [2.24, 2.45) is 0 Å². The van der Waals surface area contributed by atoms with E-state index in [4.69, 9.17) is 0 Å². The van der Waals surface area contributed by atoms with Crippen LogP contribution in [-0.4, -0.2) is 16.9 Å². The van der Waals surface area contributed by atoms with Crippen molar-refractivity contribution < 1.29 is 9.41 Å². The molecule has 0 saturated carbocycles. The molecular formula is C21H20BFN2OS. The molecule has 3 nitrogen and oxygen atoms in total. The zero-order valence-electron chi connectivity index (χ0n) is 15.0. The van der Waals surface area contributed by atoms with Gasteiger partial charge in [-0.3, -0.25) is 0 Å². The van der Waals surface area contributed by atoms with Gasteiger partial charge in [0.05, 0.1) is 5.03 Å². The quantitative estimate of drug-likeness (QED) is 0.472. The number of hydrogen-bond donors (Lipinski definition) is 2. The summed E-state index contributed by atoms with van der Waals surface area (Å²) in [6, 6.07) is 17.9. The van der Waals surface area contributed by atoms with E-state index in [1.165, 1.54) is 12.1 Å². The number of pyridine rings is 1. The second-order valence-electron chi connectivity index (χ2n) is 6.16. The van der Waals surface area contributed by atoms with Gasteiger partial charge in [0.15, 0.2) is 0 Å². The van der Waals surface area contributed by atoms with Gasteiger partial charge in [-0.15, -0.1) is 11.8 Å². The van der Waals surface area contributed by atoms with E-state index >= 15 is 0 Å². The van der Waals surface area contributed by atoms with E-state index in [1.54, 1.807) is 36.9 Å². The monoisotopic (exact) mass is 378 g/mol. The standard InChI is InChI=1S/C21H20BFN2OS/c1-15(25-19-10-8-18(23)9-11-19)16-7-12-21(24-13-16)27-14-17-5-3-4-6-20(17)22(2)26/h3-13,25-26H,1,14H2,2H3. The number of thioether (sulfide) groups is 1. The largest absolute Gasteiger partial charge is 0.446 e. The van der Waals surface area contributed by atoms with E-state index in [0.717, 1.165) is 33.1 Å². The van der Waals surface area contributed by atoms with Gasteiger partial charge in [0.25, 0.3) is 0 Å². The smallest absolute Gasteiger partial charge is 0.320 e. The number of nitrogens with zero attached hydrogens (tertiary/aromatic N) is 1. The minimum absolute atomic E-state index is 0.272. The van der Waals surface area contributed by atoms with Crippen molar-refractivity contribution in [1.82, 2.24) is 4.98 Å². The summed E-state index contributed by atoms with van der Waals surface area (Å²) in [5.41, 5.74) is 4.39. The van der Waals surface area contributed by atoms with E-state index in [-0.39, 0.29) is 5.82 Å². The Morgan fingerprint density at radius 1 is 1.15 bits per heavy atom. The summed E-state index contributed by atoms with van der Waals surface area (Å²) < 4.78 is 13.0. The predicted molar refractivity (Wildman–Crippen MR) is 113 cm³/mol. The third kappa shape index (κ3) is 5.22. The van der Waals surface area contributed by atoms with Crippen LogP contribution in [0.25, 0.3) is 5.70 Å². The van der Waals surface area contributed by atoms with Crippen molar-refractivity contribution in [1.29, 1.82) is 0 Å². The molecule has 0 atom stereocenters. The predicted octanol–water partition coefficient (Wildman–Crippen LogP) is 4.42. The molecule has 0 amide bonds. The first-order valence-corrected chi connectivity index (χ1v) is 9.58. The summed E-state index contributed by atoms with van der Waals surface area (Å²) in [5.74, 6) is 0.466. The van der Waals surface area contributed by atoms with Gasteiger partial charge < -0.3 is 10.3 Å². The second-order valence-corrected chi connectivity index (χ2v) is 7.15. The second kappa shape index (κ2) is 8.89. The van der Waals surface area contributed by atoms with Crippen LogP contribution < -0.4 is 10.8 Å². The van der Waals surface area contributed by atoms with Gasteiger partial charge in [-0.25, -0.2) is 9.37 Å². The Hall–Kier alpha value is -2.57. The van der Waals surface area contributed by atoms with Gasteiger partial charge in [0, 0.05) is 28.9 Å². The van der Waals surface area contributed by atoms with Crippen molar-refractivity contribution in [3.05, 3.63) is 90.4 Å². The molecule has 0 aliphatic carbocycles. The van der Waals surface area contributed by atoms with Crippen LogP contribution in [0.5, 0.6) is 0 Å². The molecule has 0 radical (unpaired) electrons. The molecule has 2 N–H and O–H groups in total. The average Bonchev–Trinajstić information content (AvgIpc) is 2.68. The van der Waals surface area contributed by atoms with Gasteiger partial charge in [0.1, 0.15) is 5.82 Å². The van der Waals surface area contributed by atoms with Gasteiger partial charge in [0.2, 0.25) is 0 Å². The Morgan fingerprint density at radius 2 is 1.89 bits per heavy atom. The van der Waals surface area contributed by atoms with E-state index in [1.807, 2.05) is 36.4 Å². The number of hydrogen-bond acceptors (Lipinski definition) is 4. The van der Waals surface area contributed by atoms with Crippen molar-refractivity contribution in [3.63, 3.8) is 0 Å². The Bertz CT molecular complexity index is 914. The summed E-state index contributed by atoms with van der Waals surface area (Å²) in [6.07, 6.45) is 1.77. The first kappa shape index (κ1) is 19.2. The zero-order valence-corrected chi connectivity index (χ0v) is 15.8. The summed E-state index contributed by atoms with van der Waals surface area (Å²) in [5, 5.41) is 13.9. The summed E-state index contributed by atoms with van der Waals surface area (Å²) in [4.78, 5) is 4.48. The van der Waals surface area contributed by atoms with Crippen LogP contribution in [0.4, 0.5) is 10.1 Å². The lowest BCUT2D eigenvalue weighted by atomic mass is 9.63. The van der Waals surface area contributed by atoms with Crippen molar-refractivity contribution in [2.45, 2.75) is 17.6 Å². The van der Waals surface area contributed by atoms with Gasteiger partial charge in [-0.2, -0.15) is 0 Å². The Labute approximate surface area is 163 Å². The number of rotatable bonds is 7. The summed E-state index contributed by atoms with van der Waals surface area (Å²) >= 11 is 1.62. The van der Waals surface area contributed by atoms with E-state index in [0.29, 0.717) is 5.70 Å². The summed E-state index contributed by atoms with van der Waals surface area (Å²) in [7, 11) is 0. The summed E-state index contributed by atoms with van der Waals surface area (Å²) in [6.45, 7) is 5.30. The highest BCUT2D eigenvalue weighted by Gasteiger charge is 2.11. The zero-order chi connectivity index (χ0) is 19.2. The highest BCUT2D eigenvalue weighted by Crippen LogP contribution is 2.23. The lowest BCUT2D eigenvalue weighted by Gasteiger charge is -2.11. The molecule has 27 heavy (non-hydrogen) atoms. The first-order chi connectivity index (χ1) is 13.0. The maximum Gasteiger partial charge on any atom is 0.320 e. The van der Waals surface area contributed by atoms with Gasteiger partial charge in [-0.05, 0) is 47.4 Å². The molecule has 2 aromatic carbocycles. The average molecular weight is 378 g/mol. The highest BCUT2D eigenvalue weighted by molar-refractivity contribution is 7.98. The van der Waals surface area contributed by atoms with Crippen LogP contribution in [0.15, 0.2) is 78.5 Å². The Kier molecular flexibility index (Phi) is 6.32. The lowest BCUT2D eigenvalue weighted by Crippen LogP contribution is -2.29. The molecule has 6 heteroatoms. The van der Waals surface area contributed by atoms with Crippen molar-refractivity contribution in [2.75, 3.05) is 5.32 Å². The van der Waals surface area contributed by atoms with Crippen molar-refractivity contribution >= 4 is 35.5 Å². The maximum absolute atomic E-state index is 13.0. The molecule has 0 unspecified atom stereocenters. The van der Waals surface area contributed by atoms with Crippen LogP contribution >= 0.6 is 11.8 Å². The minimum atomic E-state index is -0.488. The number of benzene rings is 2. The molecule has 0 spiro atoms. The minimum Gasteiger partial charge on any atom is -0.446 e. The first-order valence-electron chi connectivity index (χ1n) is 8.59. The SMILES string of the molecule is C=C(Nc1ccc(F)cc1)c1ccc(SCc2ccccc2B(C)O)nc1. The van der Waals surface area contributed by atoms with Gasteiger partial charge in [-0.1, -0.05) is 37.7 Å². The van der Waals surface area contributed by atoms with E-state index in [9.17, 15) is 9.41 Å². The van der Waals surface area contributed by atoms with Crippen LogP contribution in [-0.2, 0) is 5.75 Å². The third-order valence-electron chi connectivity index (χ3n) is 4.10. The number of anilines is 1. The van der Waals surface area contributed by atoms with Crippen LogP contribution in [0, 0.1) is 5.82 Å². The lowest BCUT2D eigenvalue weighted by molar-refractivity contribution is 0.593. The number of nitrogens with one attached hydrogen (secondary N) is 1. The Balaban J connectivity index is 1.62. The molecule has 0 saturated heterocycles. The molecule has 0 bridgehead atoms. The van der Waals surface area contributed by atoms with Crippen LogP contribution in [0.1, 0.15) is 11.1 Å². The normalized spacial score (nSPS) is 10.5. The van der Waals surface area contributed by atoms with Crippen molar-refractivity contribution in [3.8, 4) is 0 Å². The molecule has 3 aromatic rings. The molecule has 0 aliphatic rings. The molecule has 1 heterocycles. The van der Waals surface area contributed by atoms with E-state index in [2.05, 4.69) is 16.9 Å². The fourth-order valence-electron chi connectivity index (χ4n) is 2.65. The molecule has 3 rings (SSSR count). The number of aromatic nitrogens is 1. The fourth-order valence-corrected chi connectivity index (χ4v) is 3.51. The maximum atomic E-state index is 13.0.